The lowest BCUT2D eigenvalue weighted by Gasteiger charge is -2.30. The summed E-state index contributed by atoms with van der Waals surface area (Å²) in [4.78, 5) is 16.2. The third kappa shape index (κ3) is 4.89. The number of rotatable bonds is 4. The van der Waals surface area contributed by atoms with Crippen molar-refractivity contribution < 1.29 is 22.4 Å². The number of nitrogens with two attached hydrogens (primary N) is 1. The molecule has 2 saturated heterocycles. The molecule has 11 heteroatoms. The largest absolute Gasteiger partial charge is 0.365 e. The number of carbonyl (C=O) groups excluding carboxylic acids is 1. The first-order valence-corrected chi connectivity index (χ1v) is 11.9. The molecule has 0 saturated carbocycles. The van der Waals surface area contributed by atoms with Crippen LogP contribution < -0.4 is 10.6 Å². The van der Waals surface area contributed by atoms with Gasteiger partial charge in [-0.25, -0.2) is 22.2 Å². The highest BCUT2D eigenvalue weighted by Crippen LogP contribution is 2.33. The van der Waals surface area contributed by atoms with Crippen LogP contribution in [0.25, 0.3) is 16.9 Å². The Labute approximate surface area is 210 Å². The van der Waals surface area contributed by atoms with Gasteiger partial charge in [0.25, 0.3) is 11.8 Å². The lowest BCUT2D eigenvalue weighted by atomic mass is 10.1. The molecule has 0 spiro atoms. The van der Waals surface area contributed by atoms with E-state index in [0.717, 1.165) is 25.0 Å². The Balaban J connectivity index is 1.56. The number of aromatic nitrogens is 2. The lowest BCUT2D eigenvalue weighted by molar-refractivity contribution is 0.0257. The normalized spacial score (nSPS) is 19.2. The van der Waals surface area contributed by atoms with Crippen molar-refractivity contribution in [2.24, 2.45) is 5.73 Å². The SMILES string of the molecule is N#Cc1ccc(-c2cc(C(=O)N3CCC[C@@H](N)C3)nn2-c2ccc(N3CCC(F)(F)C3)cc2F)cc1F. The van der Waals surface area contributed by atoms with E-state index >= 15 is 4.39 Å². The molecule has 7 nitrogen and oxygen atoms in total. The zero-order valence-corrected chi connectivity index (χ0v) is 19.8. The van der Waals surface area contributed by atoms with Crippen LogP contribution >= 0.6 is 0 Å². The molecule has 2 N–H and O–H groups in total. The molecule has 2 aliphatic heterocycles. The Morgan fingerprint density at radius 1 is 1.11 bits per heavy atom. The fraction of sp³-hybridized carbons (Fsp3) is 0.346. The minimum Gasteiger partial charge on any atom is -0.365 e. The minimum atomic E-state index is -2.84. The quantitative estimate of drug-likeness (QED) is 0.532. The smallest absolute Gasteiger partial charge is 0.274 e. The van der Waals surface area contributed by atoms with E-state index in [9.17, 15) is 18.0 Å². The molecule has 1 atom stereocenters. The average molecular weight is 513 g/mol. The molecule has 2 aliphatic rings. The monoisotopic (exact) mass is 512 g/mol. The first-order chi connectivity index (χ1) is 17.6. The summed E-state index contributed by atoms with van der Waals surface area (Å²) in [6.45, 7) is 0.458. The Kier molecular flexibility index (Phi) is 6.37. The van der Waals surface area contributed by atoms with E-state index in [2.05, 4.69) is 5.10 Å². The van der Waals surface area contributed by atoms with E-state index in [4.69, 9.17) is 11.0 Å². The van der Waals surface area contributed by atoms with Crippen molar-refractivity contribution in [3.05, 3.63) is 65.4 Å². The zero-order chi connectivity index (χ0) is 26.3. The second-order valence-electron chi connectivity index (χ2n) is 9.45. The Bertz CT molecular complexity index is 1400. The van der Waals surface area contributed by atoms with Gasteiger partial charge in [-0.3, -0.25) is 4.79 Å². The van der Waals surface area contributed by atoms with Crippen molar-refractivity contribution in [2.45, 2.75) is 31.2 Å². The van der Waals surface area contributed by atoms with E-state index in [1.165, 1.54) is 39.9 Å². The predicted octanol–water partition coefficient (Wildman–Crippen LogP) is 4.10. The van der Waals surface area contributed by atoms with E-state index in [1.54, 1.807) is 11.0 Å². The van der Waals surface area contributed by atoms with Gasteiger partial charge >= 0.3 is 0 Å². The first kappa shape index (κ1) is 24.8. The number of likely N-dealkylation sites (tertiary alicyclic amines) is 1. The highest BCUT2D eigenvalue weighted by Gasteiger charge is 2.38. The molecule has 5 rings (SSSR count). The molecule has 0 bridgehead atoms. The van der Waals surface area contributed by atoms with Gasteiger partial charge in [0.05, 0.1) is 17.8 Å². The molecular weight excluding hydrogens is 488 g/mol. The van der Waals surface area contributed by atoms with Crippen LogP contribution in [-0.4, -0.2) is 58.7 Å². The van der Waals surface area contributed by atoms with E-state index < -0.39 is 24.1 Å². The summed E-state index contributed by atoms with van der Waals surface area (Å²) in [5.41, 5.74) is 6.65. The molecule has 0 aliphatic carbocycles. The number of nitrogens with zero attached hydrogens (tertiary/aromatic N) is 5. The van der Waals surface area contributed by atoms with Crippen molar-refractivity contribution in [3.8, 4) is 23.0 Å². The number of halogens is 4. The zero-order valence-electron chi connectivity index (χ0n) is 19.8. The van der Waals surface area contributed by atoms with Crippen molar-refractivity contribution in [2.75, 3.05) is 31.1 Å². The predicted molar refractivity (Wildman–Crippen MR) is 129 cm³/mol. The first-order valence-electron chi connectivity index (χ1n) is 11.9. The summed E-state index contributed by atoms with van der Waals surface area (Å²) in [6.07, 6.45) is 1.23. The van der Waals surface area contributed by atoms with Crippen LogP contribution in [0.1, 0.15) is 35.3 Å². The van der Waals surface area contributed by atoms with E-state index in [1.807, 2.05) is 0 Å². The molecule has 1 amide bonds. The maximum atomic E-state index is 15.4. The van der Waals surface area contributed by atoms with Crippen LogP contribution in [-0.2, 0) is 0 Å². The molecular formula is C26H24F4N6O. The summed E-state index contributed by atoms with van der Waals surface area (Å²) >= 11 is 0. The van der Waals surface area contributed by atoms with Gasteiger partial charge < -0.3 is 15.5 Å². The third-order valence-electron chi connectivity index (χ3n) is 6.75. The highest BCUT2D eigenvalue weighted by molar-refractivity contribution is 5.93. The van der Waals surface area contributed by atoms with Crippen molar-refractivity contribution in [1.29, 1.82) is 5.26 Å². The van der Waals surface area contributed by atoms with Crippen LogP contribution in [0.15, 0.2) is 42.5 Å². The van der Waals surface area contributed by atoms with Crippen molar-refractivity contribution in [3.63, 3.8) is 0 Å². The maximum Gasteiger partial charge on any atom is 0.274 e. The van der Waals surface area contributed by atoms with Gasteiger partial charge in [-0.2, -0.15) is 10.4 Å². The number of carbonyl (C=O) groups is 1. The molecule has 1 aromatic heterocycles. The summed E-state index contributed by atoms with van der Waals surface area (Å²) in [6, 6.07) is 11.0. The summed E-state index contributed by atoms with van der Waals surface area (Å²) in [7, 11) is 0. The van der Waals surface area contributed by atoms with Crippen molar-refractivity contribution >= 4 is 11.6 Å². The lowest BCUT2D eigenvalue weighted by Crippen LogP contribution is -2.45. The second kappa shape index (κ2) is 9.52. The topological polar surface area (TPSA) is 91.2 Å². The van der Waals surface area contributed by atoms with Gasteiger partial charge in [0.1, 0.15) is 17.6 Å². The van der Waals surface area contributed by atoms with Gasteiger partial charge in [-0.15, -0.1) is 0 Å². The Hall–Kier alpha value is -3.91. The van der Waals surface area contributed by atoms with Gasteiger partial charge in [-0.1, -0.05) is 6.07 Å². The molecule has 2 aromatic carbocycles. The van der Waals surface area contributed by atoms with Crippen LogP contribution in [0.3, 0.4) is 0 Å². The Morgan fingerprint density at radius 3 is 2.57 bits per heavy atom. The number of hydrogen-bond acceptors (Lipinski definition) is 5. The molecule has 3 heterocycles. The molecule has 192 valence electrons. The second-order valence-corrected chi connectivity index (χ2v) is 9.45. The fourth-order valence-electron chi connectivity index (χ4n) is 4.82. The standard InChI is InChI=1S/C26H24F4N6O/c27-20-10-16(3-4-17(20)13-31)24-12-22(25(37)34-8-1-2-18(32)14-34)33-36(24)23-6-5-19(11-21(23)28)35-9-7-26(29,30)15-35/h3-6,10-12,18H,1-2,7-9,14-15,32H2/t18-/m1/s1. The number of benzene rings is 2. The van der Waals surface area contributed by atoms with Gasteiger partial charge in [0.15, 0.2) is 11.5 Å². The molecule has 37 heavy (non-hydrogen) atoms. The molecule has 3 aromatic rings. The number of alkyl halides is 2. The number of amides is 1. The summed E-state index contributed by atoms with van der Waals surface area (Å²) in [5.74, 6) is -4.74. The molecule has 2 fully saturated rings. The summed E-state index contributed by atoms with van der Waals surface area (Å²) < 4.78 is 58.4. The number of nitriles is 1. The van der Waals surface area contributed by atoms with Gasteiger partial charge in [0.2, 0.25) is 0 Å². The van der Waals surface area contributed by atoms with Gasteiger partial charge in [0, 0.05) is 43.3 Å². The van der Waals surface area contributed by atoms with E-state index in [-0.39, 0.29) is 53.1 Å². The van der Waals surface area contributed by atoms with Gasteiger partial charge in [-0.05, 0) is 49.2 Å². The maximum absolute atomic E-state index is 15.4. The molecule has 0 radical (unpaired) electrons. The highest BCUT2D eigenvalue weighted by atomic mass is 19.3. The van der Waals surface area contributed by atoms with Crippen molar-refractivity contribution in [1.82, 2.24) is 14.7 Å². The van der Waals surface area contributed by atoms with Crippen LogP contribution in [0.5, 0.6) is 0 Å². The minimum absolute atomic E-state index is 0.0246. The summed E-state index contributed by atoms with van der Waals surface area (Å²) in [5, 5.41) is 13.4. The fourth-order valence-corrected chi connectivity index (χ4v) is 4.82. The molecule has 0 unspecified atom stereocenters. The number of piperidine rings is 1. The van der Waals surface area contributed by atoms with E-state index in [0.29, 0.717) is 18.8 Å². The van der Waals surface area contributed by atoms with Crippen LogP contribution in [0.4, 0.5) is 23.2 Å². The van der Waals surface area contributed by atoms with Crippen LogP contribution in [0.2, 0.25) is 0 Å². The number of anilines is 1. The average Bonchev–Trinajstić information content (AvgIpc) is 3.47. The third-order valence-corrected chi connectivity index (χ3v) is 6.75. The Morgan fingerprint density at radius 2 is 1.92 bits per heavy atom. The number of hydrogen-bond donors (Lipinski definition) is 1. The van der Waals surface area contributed by atoms with Crippen LogP contribution in [0, 0.1) is 23.0 Å².